The van der Waals surface area contributed by atoms with Gasteiger partial charge in [0.15, 0.2) is 0 Å². The number of nitrogens with zero attached hydrogens (tertiary/aromatic N) is 2. The van der Waals surface area contributed by atoms with Crippen LogP contribution in [0.1, 0.15) is 22.9 Å². The van der Waals surface area contributed by atoms with Crippen LogP contribution < -0.4 is 0 Å². The van der Waals surface area contributed by atoms with E-state index in [1.165, 1.54) is 16.8 Å². The predicted octanol–water partition coefficient (Wildman–Crippen LogP) is 2.08. The molecule has 16 heavy (non-hydrogen) atoms. The fourth-order valence-corrected chi connectivity index (χ4v) is 2.27. The van der Waals surface area contributed by atoms with Gasteiger partial charge >= 0.3 is 0 Å². The first-order chi connectivity index (χ1) is 7.86. The first-order valence-electron chi connectivity index (χ1n) is 5.53. The Balaban J connectivity index is 2.05. The molecule has 0 amide bonds. The van der Waals surface area contributed by atoms with Crippen LogP contribution in [0.5, 0.6) is 0 Å². The van der Waals surface area contributed by atoms with Gasteiger partial charge in [0.1, 0.15) is 6.10 Å². The molecule has 0 saturated heterocycles. The number of benzene rings is 1. The minimum atomic E-state index is 0.0543. The SMILES string of the molecule is Cn1ncc2c1CCOC2c1ccccc1. The second-order valence-electron chi connectivity index (χ2n) is 4.08. The standard InChI is InChI=1S/C13H14N2O/c1-15-12-7-8-16-13(11(12)9-14-15)10-5-3-2-4-6-10/h2-6,9,13H,7-8H2,1H3. The summed E-state index contributed by atoms with van der Waals surface area (Å²) >= 11 is 0. The summed E-state index contributed by atoms with van der Waals surface area (Å²) in [6.07, 6.45) is 2.93. The van der Waals surface area contributed by atoms with Crippen molar-refractivity contribution < 1.29 is 4.74 Å². The van der Waals surface area contributed by atoms with Gasteiger partial charge < -0.3 is 4.74 Å². The van der Waals surface area contributed by atoms with E-state index >= 15 is 0 Å². The van der Waals surface area contributed by atoms with Gasteiger partial charge in [-0.3, -0.25) is 4.68 Å². The molecule has 1 aliphatic rings. The van der Waals surface area contributed by atoms with Crippen LogP contribution in [0, 0.1) is 0 Å². The Hall–Kier alpha value is -1.61. The summed E-state index contributed by atoms with van der Waals surface area (Å²) in [6.45, 7) is 0.770. The van der Waals surface area contributed by atoms with Gasteiger partial charge in [-0.05, 0) is 5.56 Å². The third-order valence-electron chi connectivity index (χ3n) is 3.10. The number of hydrogen-bond acceptors (Lipinski definition) is 2. The van der Waals surface area contributed by atoms with Crippen molar-refractivity contribution in [2.45, 2.75) is 12.5 Å². The van der Waals surface area contributed by atoms with E-state index in [9.17, 15) is 0 Å². The maximum absolute atomic E-state index is 5.85. The predicted molar refractivity (Wildman–Crippen MR) is 61.1 cm³/mol. The maximum atomic E-state index is 5.85. The van der Waals surface area contributed by atoms with Crippen LogP contribution in [0.3, 0.4) is 0 Å². The second kappa shape index (κ2) is 3.76. The van der Waals surface area contributed by atoms with Crippen molar-refractivity contribution in [2.24, 2.45) is 7.05 Å². The largest absolute Gasteiger partial charge is 0.368 e. The molecule has 0 fully saturated rings. The Bertz CT molecular complexity index is 490. The van der Waals surface area contributed by atoms with Crippen molar-refractivity contribution in [2.75, 3.05) is 6.61 Å². The van der Waals surface area contributed by atoms with Gasteiger partial charge in [-0.1, -0.05) is 30.3 Å². The lowest BCUT2D eigenvalue weighted by molar-refractivity contribution is 0.0685. The van der Waals surface area contributed by atoms with E-state index in [-0.39, 0.29) is 6.10 Å². The highest BCUT2D eigenvalue weighted by Crippen LogP contribution is 2.31. The van der Waals surface area contributed by atoms with Crippen molar-refractivity contribution in [3.05, 3.63) is 53.3 Å². The van der Waals surface area contributed by atoms with Gasteiger partial charge in [-0.15, -0.1) is 0 Å². The van der Waals surface area contributed by atoms with Crippen molar-refractivity contribution in [3.8, 4) is 0 Å². The smallest absolute Gasteiger partial charge is 0.111 e. The van der Waals surface area contributed by atoms with Crippen molar-refractivity contribution >= 4 is 0 Å². The number of aryl methyl sites for hydroxylation is 1. The monoisotopic (exact) mass is 214 g/mol. The van der Waals surface area contributed by atoms with Gasteiger partial charge in [-0.2, -0.15) is 5.10 Å². The summed E-state index contributed by atoms with van der Waals surface area (Å²) in [5, 5.41) is 4.31. The quantitative estimate of drug-likeness (QED) is 0.726. The fourth-order valence-electron chi connectivity index (χ4n) is 2.27. The molecule has 0 bridgehead atoms. The Labute approximate surface area is 94.7 Å². The van der Waals surface area contributed by atoms with Gasteiger partial charge in [0, 0.05) is 24.7 Å². The minimum absolute atomic E-state index is 0.0543. The van der Waals surface area contributed by atoms with E-state index < -0.39 is 0 Å². The summed E-state index contributed by atoms with van der Waals surface area (Å²) in [7, 11) is 1.99. The molecule has 0 radical (unpaired) electrons. The molecule has 0 N–H and O–H groups in total. The summed E-state index contributed by atoms with van der Waals surface area (Å²) in [5.41, 5.74) is 3.71. The Kier molecular flexibility index (Phi) is 2.26. The second-order valence-corrected chi connectivity index (χ2v) is 4.08. The zero-order valence-corrected chi connectivity index (χ0v) is 9.26. The van der Waals surface area contributed by atoms with Crippen LogP contribution in [0.2, 0.25) is 0 Å². The lowest BCUT2D eigenvalue weighted by Crippen LogP contribution is -2.18. The molecule has 3 nitrogen and oxygen atoms in total. The number of aromatic nitrogens is 2. The molecule has 0 spiro atoms. The number of rotatable bonds is 1. The molecule has 2 heterocycles. The lowest BCUT2D eigenvalue weighted by Gasteiger charge is -2.23. The zero-order chi connectivity index (χ0) is 11.0. The molecule has 0 aliphatic carbocycles. The minimum Gasteiger partial charge on any atom is -0.368 e. The van der Waals surface area contributed by atoms with E-state index in [4.69, 9.17) is 4.74 Å². The highest BCUT2D eigenvalue weighted by Gasteiger charge is 2.25. The average Bonchev–Trinajstić information content (AvgIpc) is 2.73. The lowest BCUT2D eigenvalue weighted by atomic mass is 9.99. The number of hydrogen-bond donors (Lipinski definition) is 0. The molecule has 0 saturated carbocycles. The average molecular weight is 214 g/mol. The summed E-state index contributed by atoms with van der Waals surface area (Å²) < 4.78 is 7.80. The first kappa shape index (κ1) is 9.60. The summed E-state index contributed by atoms with van der Waals surface area (Å²) in [5.74, 6) is 0. The summed E-state index contributed by atoms with van der Waals surface area (Å²) in [4.78, 5) is 0. The van der Waals surface area contributed by atoms with Gasteiger partial charge in [-0.25, -0.2) is 0 Å². The number of ether oxygens (including phenoxy) is 1. The first-order valence-corrected chi connectivity index (χ1v) is 5.53. The maximum Gasteiger partial charge on any atom is 0.111 e. The molecule has 1 unspecified atom stereocenters. The van der Waals surface area contributed by atoms with Crippen LogP contribution >= 0.6 is 0 Å². The van der Waals surface area contributed by atoms with Crippen molar-refractivity contribution in [1.29, 1.82) is 0 Å². The summed E-state index contributed by atoms with van der Waals surface area (Å²) in [6, 6.07) is 10.3. The van der Waals surface area contributed by atoms with Crippen LogP contribution in [-0.2, 0) is 18.2 Å². The molecule has 82 valence electrons. The van der Waals surface area contributed by atoms with E-state index in [1.807, 2.05) is 36.1 Å². The normalized spacial score (nSPS) is 19.4. The molecule has 3 rings (SSSR count). The molecule has 1 aliphatic heterocycles. The van der Waals surface area contributed by atoms with Gasteiger partial charge in [0.2, 0.25) is 0 Å². The third kappa shape index (κ3) is 1.44. The van der Waals surface area contributed by atoms with Crippen LogP contribution in [0.25, 0.3) is 0 Å². The Morgan fingerprint density at radius 1 is 1.31 bits per heavy atom. The van der Waals surface area contributed by atoms with E-state index in [1.54, 1.807) is 0 Å². The van der Waals surface area contributed by atoms with E-state index in [0.717, 1.165) is 13.0 Å². The molecule has 1 aromatic carbocycles. The Morgan fingerprint density at radius 2 is 2.12 bits per heavy atom. The topological polar surface area (TPSA) is 27.1 Å². The van der Waals surface area contributed by atoms with Crippen molar-refractivity contribution in [3.63, 3.8) is 0 Å². The molecule has 2 aromatic rings. The molecule has 1 atom stereocenters. The Morgan fingerprint density at radius 3 is 2.94 bits per heavy atom. The van der Waals surface area contributed by atoms with Crippen molar-refractivity contribution in [1.82, 2.24) is 9.78 Å². The highest BCUT2D eigenvalue weighted by atomic mass is 16.5. The molecule has 1 aromatic heterocycles. The van der Waals surface area contributed by atoms with Gasteiger partial charge in [0.25, 0.3) is 0 Å². The van der Waals surface area contributed by atoms with E-state index in [0.29, 0.717) is 0 Å². The third-order valence-corrected chi connectivity index (χ3v) is 3.10. The highest BCUT2D eigenvalue weighted by molar-refractivity contribution is 5.33. The molecular formula is C13H14N2O. The molecule has 3 heteroatoms. The molecular weight excluding hydrogens is 200 g/mol. The number of fused-ring (bicyclic) bond motifs is 1. The zero-order valence-electron chi connectivity index (χ0n) is 9.26. The van der Waals surface area contributed by atoms with Crippen LogP contribution in [0.4, 0.5) is 0 Å². The van der Waals surface area contributed by atoms with Crippen LogP contribution in [-0.4, -0.2) is 16.4 Å². The van der Waals surface area contributed by atoms with Crippen LogP contribution in [0.15, 0.2) is 36.5 Å². The van der Waals surface area contributed by atoms with E-state index in [2.05, 4.69) is 17.2 Å². The van der Waals surface area contributed by atoms with Gasteiger partial charge in [0.05, 0.1) is 12.8 Å². The fraction of sp³-hybridized carbons (Fsp3) is 0.308.